The maximum absolute atomic E-state index is 13.0. The predicted octanol–water partition coefficient (Wildman–Crippen LogP) is 3.79. The first-order valence-corrected chi connectivity index (χ1v) is 10.7. The minimum Gasteiger partial charge on any atom is -0.336 e. The molecule has 142 valence electrons. The molecule has 0 bridgehead atoms. The highest BCUT2D eigenvalue weighted by molar-refractivity contribution is 7.10. The molecular weight excluding hydrogens is 390 g/mol. The molecule has 0 unspecified atom stereocenters. The van der Waals surface area contributed by atoms with E-state index in [0.29, 0.717) is 24.0 Å². The summed E-state index contributed by atoms with van der Waals surface area (Å²) in [5, 5.41) is 4.58. The Hall–Kier alpha value is -2.77. The van der Waals surface area contributed by atoms with Gasteiger partial charge in [-0.15, -0.1) is 22.7 Å². The quantitative estimate of drug-likeness (QED) is 0.467. The van der Waals surface area contributed by atoms with E-state index in [1.165, 1.54) is 15.8 Å². The molecule has 5 nitrogen and oxygen atoms in total. The number of rotatable bonds is 7. The Kier molecular flexibility index (Phi) is 5.64. The van der Waals surface area contributed by atoms with Crippen LogP contribution in [-0.2, 0) is 24.3 Å². The molecule has 0 N–H and O–H groups in total. The molecule has 1 aromatic carbocycles. The zero-order valence-corrected chi connectivity index (χ0v) is 16.8. The van der Waals surface area contributed by atoms with Crippen molar-refractivity contribution in [2.24, 2.45) is 0 Å². The average Bonchev–Trinajstić information content (AvgIpc) is 3.41. The second-order valence-electron chi connectivity index (χ2n) is 6.42. The minimum atomic E-state index is -0.187. The van der Waals surface area contributed by atoms with Crippen molar-refractivity contribution in [1.29, 1.82) is 0 Å². The normalized spacial score (nSPS) is 11.0. The van der Waals surface area contributed by atoms with Crippen LogP contribution < -0.4 is 5.56 Å². The third-order valence-electron chi connectivity index (χ3n) is 4.52. The Morgan fingerprint density at radius 2 is 1.75 bits per heavy atom. The van der Waals surface area contributed by atoms with E-state index in [-0.39, 0.29) is 18.0 Å². The SMILES string of the molecule is O=C(Cn1cnc2ccccc2c1=O)N(CCc1cccs1)Cc1cccs1. The molecule has 0 aliphatic rings. The Balaban J connectivity index is 1.54. The molecule has 3 aromatic heterocycles. The van der Waals surface area contributed by atoms with E-state index < -0.39 is 0 Å². The van der Waals surface area contributed by atoms with Gasteiger partial charge in [-0.05, 0) is 41.4 Å². The number of hydrogen-bond acceptors (Lipinski definition) is 5. The molecule has 0 fully saturated rings. The molecule has 28 heavy (non-hydrogen) atoms. The first kappa shape index (κ1) is 18.6. The fourth-order valence-corrected chi connectivity index (χ4v) is 4.46. The fourth-order valence-electron chi connectivity index (χ4n) is 3.05. The number of aromatic nitrogens is 2. The molecular formula is C21H19N3O2S2. The number of fused-ring (bicyclic) bond motifs is 1. The lowest BCUT2D eigenvalue weighted by Crippen LogP contribution is -2.37. The lowest BCUT2D eigenvalue weighted by atomic mass is 10.2. The average molecular weight is 410 g/mol. The van der Waals surface area contributed by atoms with Gasteiger partial charge < -0.3 is 4.90 Å². The molecule has 1 amide bonds. The van der Waals surface area contributed by atoms with Gasteiger partial charge in [-0.2, -0.15) is 0 Å². The van der Waals surface area contributed by atoms with E-state index in [4.69, 9.17) is 0 Å². The molecule has 0 saturated carbocycles. The largest absolute Gasteiger partial charge is 0.336 e. The first-order chi connectivity index (χ1) is 13.7. The van der Waals surface area contributed by atoms with Crippen LogP contribution in [0.1, 0.15) is 9.75 Å². The molecule has 4 rings (SSSR count). The molecule has 0 aliphatic heterocycles. The summed E-state index contributed by atoms with van der Waals surface area (Å²) < 4.78 is 1.40. The number of para-hydroxylation sites is 1. The number of thiophene rings is 2. The standard InChI is InChI=1S/C21H19N3O2S2/c25-20(14-24-15-22-19-8-2-1-7-18(19)21(24)26)23(13-17-6-4-12-28-17)10-9-16-5-3-11-27-16/h1-8,11-12,15H,9-10,13-14H2. The van der Waals surface area contributed by atoms with Gasteiger partial charge in [-0.1, -0.05) is 24.3 Å². The van der Waals surface area contributed by atoms with Gasteiger partial charge in [0.1, 0.15) is 6.54 Å². The molecule has 0 saturated heterocycles. The Morgan fingerprint density at radius 3 is 2.50 bits per heavy atom. The van der Waals surface area contributed by atoms with Crippen LogP contribution in [0.3, 0.4) is 0 Å². The number of nitrogens with zero attached hydrogens (tertiary/aromatic N) is 3. The maximum Gasteiger partial charge on any atom is 0.261 e. The van der Waals surface area contributed by atoms with E-state index in [1.54, 1.807) is 34.8 Å². The van der Waals surface area contributed by atoms with Crippen LogP contribution in [0.25, 0.3) is 10.9 Å². The van der Waals surface area contributed by atoms with Crippen molar-refractivity contribution in [1.82, 2.24) is 14.5 Å². The van der Waals surface area contributed by atoms with Crippen LogP contribution in [0, 0.1) is 0 Å². The van der Waals surface area contributed by atoms with Gasteiger partial charge in [0.05, 0.1) is 23.8 Å². The first-order valence-electron chi connectivity index (χ1n) is 8.97. The van der Waals surface area contributed by atoms with Crippen molar-refractivity contribution >= 4 is 39.5 Å². The number of benzene rings is 1. The molecule has 0 radical (unpaired) electrons. The Labute approximate surface area is 170 Å². The highest BCUT2D eigenvalue weighted by Gasteiger charge is 2.17. The Morgan fingerprint density at radius 1 is 1.00 bits per heavy atom. The zero-order valence-electron chi connectivity index (χ0n) is 15.2. The van der Waals surface area contributed by atoms with Gasteiger partial charge in [-0.25, -0.2) is 4.98 Å². The van der Waals surface area contributed by atoms with Gasteiger partial charge in [0.15, 0.2) is 0 Å². The van der Waals surface area contributed by atoms with Crippen molar-refractivity contribution in [2.45, 2.75) is 19.5 Å². The van der Waals surface area contributed by atoms with Crippen LogP contribution in [0.15, 0.2) is 70.4 Å². The maximum atomic E-state index is 13.0. The van der Waals surface area contributed by atoms with E-state index in [1.807, 2.05) is 46.0 Å². The molecule has 3 heterocycles. The highest BCUT2D eigenvalue weighted by atomic mass is 32.1. The monoisotopic (exact) mass is 409 g/mol. The number of hydrogen-bond donors (Lipinski definition) is 0. The summed E-state index contributed by atoms with van der Waals surface area (Å²) in [5.41, 5.74) is 0.456. The summed E-state index contributed by atoms with van der Waals surface area (Å²) in [6.07, 6.45) is 2.27. The fraction of sp³-hybridized carbons (Fsp3) is 0.190. The van der Waals surface area contributed by atoms with Gasteiger partial charge in [0.25, 0.3) is 5.56 Å². The van der Waals surface area contributed by atoms with Crippen molar-refractivity contribution in [3.05, 3.63) is 85.7 Å². The van der Waals surface area contributed by atoms with E-state index in [2.05, 4.69) is 11.1 Å². The summed E-state index contributed by atoms with van der Waals surface area (Å²) in [6.45, 7) is 1.16. The number of carbonyl (C=O) groups is 1. The molecule has 0 spiro atoms. The van der Waals surface area contributed by atoms with Crippen LogP contribution in [0.2, 0.25) is 0 Å². The lowest BCUT2D eigenvalue weighted by Gasteiger charge is -2.22. The lowest BCUT2D eigenvalue weighted by molar-refractivity contribution is -0.132. The van der Waals surface area contributed by atoms with E-state index in [9.17, 15) is 9.59 Å². The van der Waals surface area contributed by atoms with Gasteiger partial charge in [-0.3, -0.25) is 14.2 Å². The smallest absolute Gasteiger partial charge is 0.261 e. The minimum absolute atomic E-state index is 0.00746. The van der Waals surface area contributed by atoms with Gasteiger partial charge >= 0.3 is 0 Å². The topological polar surface area (TPSA) is 55.2 Å². The number of carbonyl (C=O) groups excluding carboxylic acids is 1. The highest BCUT2D eigenvalue weighted by Crippen LogP contribution is 2.15. The summed E-state index contributed by atoms with van der Waals surface area (Å²) in [6, 6.07) is 15.3. The van der Waals surface area contributed by atoms with Crippen LogP contribution in [-0.4, -0.2) is 26.9 Å². The second-order valence-corrected chi connectivity index (χ2v) is 8.48. The molecule has 4 aromatic rings. The second kappa shape index (κ2) is 8.50. The zero-order chi connectivity index (χ0) is 19.3. The van der Waals surface area contributed by atoms with Crippen LogP contribution in [0.5, 0.6) is 0 Å². The summed E-state index contributed by atoms with van der Waals surface area (Å²) in [7, 11) is 0. The van der Waals surface area contributed by atoms with Gasteiger partial charge in [0.2, 0.25) is 5.91 Å². The molecule has 0 atom stereocenters. The summed E-state index contributed by atoms with van der Waals surface area (Å²) in [4.78, 5) is 34.2. The van der Waals surface area contributed by atoms with E-state index in [0.717, 1.165) is 11.3 Å². The van der Waals surface area contributed by atoms with Gasteiger partial charge in [0, 0.05) is 16.3 Å². The Bertz CT molecular complexity index is 1120. The van der Waals surface area contributed by atoms with Crippen molar-refractivity contribution in [3.8, 4) is 0 Å². The number of amides is 1. The van der Waals surface area contributed by atoms with Crippen molar-refractivity contribution in [2.75, 3.05) is 6.54 Å². The predicted molar refractivity (Wildman–Crippen MR) is 114 cm³/mol. The third-order valence-corrected chi connectivity index (χ3v) is 6.32. The third kappa shape index (κ3) is 4.21. The van der Waals surface area contributed by atoms with E-state index >= 15 is 0 Å². The van der Waals surface area contributed by atoms with Crippen molar-refractivity contribution in [3.63, 3.8) is 0 Å². The van der Waals surface area contributed by atoms with Crippen LogP contribution >= 0.6 is 22.7 Å². The van der Waals surface area contributed by atoms with Crippen LogP contribution in [0.4, 0.5) is 0 Å². The summed E-state index contributed by atoms with van der Waals surface area (Å²) >= 11 is 3.32. The molecule has 7 heteroatoms. The summed E-state index contributed by atoms with van der Waals surface area (Å²) in [5.74, 6) is -0.0795. The van der Waals surface area contributed by atoms with Crippen molar-refractivity contribution < 1.29 is 4.79 Å². The molecule has 0 aliphatic carbocycles.